The van der Waals surface area contributed by atoms with Gasteiger partial charge in [-0.15, -0.1) is 0 Å². The molecule has 28 heavy (non-hydrogen) atoms. The summed E-state index contributed by atoms with van der Waals surface area (Å²) in [7, 11) is 0. The zero-order valence-corrected chi connectivity index (χ0v) is 16.5. The fourth-order valence-electron chi connectivity index (χ4n) is 4.56. The summed E-state index contributed by atoms with van der Waals surface area (Å²) >= 11 is 0. The van der Waals surface area contributed by atoms with E-state index in [1.54, 1.807) is 11.1 Å². The quantitative estimate of drug-likeness (QED) is 0.814. The number of likely N-dealkylation sites (tertiary alicyclic amines) is 1. The van der Waals surface area contributed by atoms with Crippen LogP contribution < -0.4 is 0 Å². The van der Waals surface area contributed by atoms with Gasteiger partial charge in [-0.3, -0.25) is 14.6 Å². The summed E-state index contributed by atoms with van der Waals surface area (Å²) in [5, 5.41) is 0. The summed E-state index contributed by atoms with van der Waals surface area (Å²) in [6, 6.07) is 11.2. The van der Waals surface area contributed by atoms with Crippen molar-refractivity contribution in [3.05, 3.63) is 65.5 Å². The van der Waals surface area contributed by atoms with Crippen LogP contribution >= 0.6 is 0 Å². The van der Waals surface area contributed by atoms with E-state index in [9.17, 15) is 9.59 Å². The smallest absolute Gasteiger partial charge is 0.255 e. The third-order valence-electron chi connectivity index (χ3n) is 5.92. The summed E-state index contributed by atoms with van der Waals surface area (Å²) < 4.78 is 0. The van der Waals surface area contributed by atoms with Crippen LogP contribution in [0.2, 0.25) is 0 Å². The number of aromatic nitrogens is 1. The molecule has 0 radical (unpaired) electrons. The molecule has 1 aromatic carbocycles. The molecule has 5 heteroatoms. The first-order chi connectivity index (χ1) is 13.6. The second-order valence-corrected chi connectivity index (χ2v) is 8.11. The first-order valence-electron chi connectivity index (χ1n) is 10.2. The molecule has 4 rings (SSSR count). The predicted molar refractivity (Wildman–Crippen MR) is 107 cm³/mol. The maximum Gasteiger partial charge on any atom is 0.255 e. The van der Waals surface area contributed by atoms with Crippen LogP contribution in [0.3, 0.4) is 0 Å². The van der Waals surface area contributed by atoms with E-state index in [1.165, 1.54) is 0 Å². The lowest BCUT2D eigenvalue weighted by atomic mass is 9.93. The number of carbonyl (C=O) groups is 2. The van der Waals surface area contributed by atoms with E-state index in [0.29, 0.717) is 6.54 Å². The Morgan fingerprint density at radius 1 is 1.14 bits per heavy atom. The zero-order valence-electron chi connectivity index (χ0n) is 16.5. The standard InChI is InChI=1S/C23H27N3O2/c1-16(2)21(26-15-18-8-3-4-10-19(18)22(26)27)23(28)25-13-6-5-11-20(25)17-9-7-12-24-14-17/h3-4,7-10,12,14,16,20-21H,5-6,11,13,15H2,1-2H3. The summed E-state index contributed by atoms with van der Waals surface area (Å²) in [5.41, 5.74) is 2.81. The predicted octanol–water partition coefficient (Wildman–Crippen LogP) is 3.82. The van der Waals surface area contributed by atoms with Gasteiger partial charge >= 0.3 is 0 Å². The Bertz CT molecular complexity index is 865. The number of fused-ring (bicyclic) bond motifs is 1. The number of pyridine rings is 1. The van der Waals surface area contributed by atoms with E-state index in [-0.39, 0.29) is 23.8 Å². The molecular weight excluding hydrogens is 350 g/mol. The van der Waals surface area contributed by atoms with Crippen molar-refractivity contribution in [3.63, 3.8) is 0 Å². The van der Waals surface area contributed by atoms with E-state index < -0.39 is 6.04 Å². The van der Waals surface area contributed by atoms with E-state index in [1.807, 2.05) is 61.3 Å². The number of hydrogen-bond donors (Lipinski definition) is 0. The number of nitrogens with zero attached hydrogens (tertiary/aromatic N) is 3. The van der Waals surface area contributed by atoms with Crippen LogP contribution in [-0.2, 0) is 11.3 Å². The van der Waals surface area contributed by atoms with Gasteiger partial charge < -0.3 is 9.80 Å². The molecule has 1 aromatic heterocycles. The van der Waals surface area contributed by atoms with Gasteiger partial charge in [-0.05, 0) is 48.4 Å². The molecule has 0 aliphatic carbocycles. The molecule has 0 spiro atoms. The maximum absolute atomic E-state index is 13.7. The lowest BCUT2D eigenvalue weighted by Gasteiger charge is -2.41. The lowest BCUT2D eigenvalue weighted by molar-refractivity contribution is -0.141. The van der Waals surface area contributed by atoms with E-state index in [0.717, 1.165) is 42.5 Å². The molecule has 2 aliphatic heterocycles. The highest BCUT2D eigenvalue weighted by Gasteiger charge is 2.41. The summed E-state index contributed by atoms with van der Waals surface area (Å²) in [6.07, 6.45) is 6.66. The molecule has 2 atom stereocenters. The van der Waals surface area contributed by atoms with Crippen LogP contribution in [0.4, 0.5) is 0 Å². The van der Waals surface area contributed by atoms with Crippen molar-refractivity contribution in [1.29, 1.82) is 0 Å². The summed E-state index contributed by atoms with van der Waals surface area (Å²) in [4.78, 5) is 34.8. The van der Waals surface area contributed by atoms with Gasteiger partial charge in [0.05, 0.1) is 6.04 Å². The highest BCUT2D eigenvalue weighted by atomic mass is 16.2. The Hall–Kier alpha value is -2.69. The number of hydrogen-bond acceptors (Lipinski definition) is 3. The van der Waals surface area contributed by atoms with Gasteiger partial charge in [-0.25, -0.2) is 0 Å². The molecule has 0 N–H and O–H groups in total. The van der Waals surface area contributed by atoms with Gasteiger partial charge in [0.1, 0.15) is 6.04 Å². The van der Waals surface area contributed by atoms with Crippen LogP contribution in [0.1, 0.15) is 60.6 Å². The topological polar surface area (TPSA) is 53.5 Å². The summed E-state index contributed by atoms with van der Waals surface area (Å²) in [5.74, 6) is 0.0736. The Labute approximate surface area is 166 Å². The van der Waals surface area contributed by atoms with Crippen molar-refractivity contribution in [2.75, 3.05) is 6.54 Å². The van der Waals surface area contributed by atoms with E-state index in [2.05, 4.69) is 4.98 Å². The van der Waals surface area contributed by atoms with Crippen molar-refractivity contribution in [3.8, 4) is 0 Å². The fourth-order valence-corrected chi connectivity index (χ4v) is 4.56. The number of benzene rings is 1. The molecule has 2 amide bonds. The molecule has 2 unspecified atom stereocenters. The average molecular weight is 377 g/mol. The molecule has 146 valence electrons. The highest BCUT2D eigenvalue weighted by molar-refractivity contribution is 6.01. The van der Waals surface area contributed by atoms with E-state index in [4.69, 9.17) is 0 Å². The number of piperidine rings is 1. The Kier molecular flexibility index (Phi) is 5.16. The van der Waals surface area contributed by atoms with Gasteiger partial charge in [0.25, 0.3) is 5.91 Å². The molecule has 2 aromatic rings. The van der Waals surface area contributed by atoms with E-state index >= 15 is 0 Å². The number of rotatable bonds is 4. The van der Waals surface area contributed by atoms with Crippen molar-refractivity contribution < 1.29 is 9.59 Å². The normalized spacial score (nSPS) is 20.4. The largest absolute Gasteiger partial charge is 0.334 e. The van der Waals surface area contributed by atoms with Crippen molar-refractivity contribution in [1.82, 2.24) is 14.8 Å². The zero-order chi connectivity index (χ0) is 19.7. The minimum absolute atomic E-state index is 0.0300. The maximum atomic E-state index is 13.7. The van der Waals surface area contributed by atoms with Crippen molar-refractivity contribution in [2.24, 2.45) is 5.92 Å². The minimum atomic E-state index is -0.447. The molecule has 3 heterocycles. The molecule has 0 saturated carbocycles. The van der Waals surface area contributed by atoms with Crippen LogP contribution in [0, 0.1) is 5.92 Å². The van der Waals surface area contributed by atoms with Gasteiger partial charge in [0.15, 0.2) is 0 Å². The average Bonchev–Trinajstić information content (AvgIpc) is 3.05. The highest BCUT2D eigenvalue weighted by Crippen LogP contribution is 2.34. The van der Waals surface area contributed by atoms with Crippen LogP contribution in [-0.4, -0.2) is 39.2 Å². The Morgan fingerprint density at radius 3 is 2.68 bits per heavy atom. The second-order valence-electron chi connectivity index (χ2n) is 8.11. The molecule has 1 fully saturated rings. The molecular formula is C23H27N3O2. The van der Waals surface area contributed by atoms with Gasteiger partial charge in [0.2, 0.25) is 5.91 Å². The Balaban J connectivity index is 1.63. The third kappa shape index (κ3) is 3.30. The fraction of sp³-hybridized carbons (Fsp3) is 0.435. The van der Waals surface area contributed by atoms with Crippen molar-refractivity contribution >= 4 is 11.8 Å². The minimum Gasteiger partial charge on any atom is -0.334 e. The molecule has 0 bridgehead atoms. The molecule has 1 saturated heterocycles. The van der Waals surface area contributed by atoms with Crippen LogP contribution in [0.25, 0.3) is 0 Å². The SMILES string of the molecule is CC(C)C(C(=O)N1CCCCC1c1cccnc1)N1Cc2ccccc2C1=O. The van der Waals surface area contributed by atoms with Crippen LogP contribution in [0.5, 0.6) is 0 Å². The van der Waals surface area contributed by atoms with Crippen LogP contribution in [0.15, 0.2) is 48.8 Å². The Morgan fingerprint density at radius 2 is 1.96 bits per heavy atom. The van der Waals surface area contributed by atoms with Crippen molar-refractivity contribution in [2.45, 2.75) is 51.7 Å². The first-order valence-corrected chi connectivity index (χ1v) is 10.2. The third-order valence-corrected chi connectivity index (χ3v) is 5.92. The molecule has 5 nitrogen and oxygen atoms in total. The lowest BCUT2D eigenvalue weighted by Crippen LogP contribution is -2.53. The van der Waals surface area contributed by atoms with Gasteiger partial charge in [0, 0.05) is 31.0 Å². The monoisotopic (exact) mass is 377 g/mol. The number of amides is 2. The summed E-state index contributed by atoms with van der Waals surface area (Å²) in [6.45, 7) is 5.30. The first kappa shape index (κ1) is 18.7. The second kappa shape index (κ2) is 7.74. The molecule has 2 aliphatic rings. The van der Waals surface area contributed by atoms with Gasteiger partial charge in [-0.1, -0.05) is 38.1 Å². The van der Waals surface area contributed by atoms with Gasteiger partial charge in [-0.2, -0.15) is 0 Å². The number of carbonyl (C=O) groups excluding carboxylic acids is 2.